The molecule has 0 spiro atoms. The Morgan fingerprint density at radius 1 is 1.38 bits per heavy atom. The molecule has 0 aliphatic carbocycles. The molecule has 5 nitrogen and oxygen atoms in total. The minimum Gasteiger partial charge on any atom is -0.480 e. The molecule has 3 N–H and O–H groups in total. The molecule has 1 aromatic carbocycles. The van der Waals surface area contributed by atoms with Gasteiger partial charge in [-0.2, -0.15) is 0 Å². The van der Waals surface area contributed by atoms with Gasteiger partial charge >= 0.3 is 5.97 Å². The number of aliphatic carboxylic acids is 1. The molecule has 0 radical (unpaired) electrons. The third kappa shape index (κ3) is 4.72. The molecule has 1 amide bonds. The molecule has 2 atom stereocenters. The third-order valence-electron chi connectivity index (χ3n) is 3.29. The van der Waals surface area contributed by atoms with Crippen LogP contribution in [0.25, 0.3) is 0 Å². The van der Waals surface area contributed by atoms with Crippen molar-refractivity contribution in [2.75, 3.05) is 0 Å². The summed E-state index contributed by atoms with van der Waals surface area (Å²) >= 11 is 5.92. The summed E-state index contributed by atoms with van der Waals surface area (Å²) in [5.41, 5.74) is -0.245. The molecule has 0 saturated heterocycles. The lowest BCUT2D eigenvalue weighted by Crippen LogP contribution is -2.49. The van der Waals surface area contributed by atoms with Crippen molar-refractivity contribution in [3.63, 3.8) is 0 Å². The summed E-state index contributed by atoms with van der Waals surface area (Å²) in [6.07, 6.45) is -0.868. The average molecular weight is 314 g/mol. The van der Waals surface area contributed by atoms with Crippen LogP contribution in [-0.4, -0.2) is 34.2 Å². The Labute approximate surface area is 128 Å². The lowest BCUT2D eigenvalue weighted by Gasteiger charge is -2.27. The summed E-state index contributed by atoms with van der Waals surface area (Å²) in [5.74, 6) is -1.61. The maximum absolute atomic E-state index is 12.4. The van der Waals surface area contributed by atoms with Crippen LogP contribution in [0, 0.1) is 0 Å². The first-order valence-electron chi connectivity index (χ1n) is 6.62. The van der Waals surface area contributed by atoms with Crippen molar-refractivity contribution >= 4 is 23.5 Å². The van der Waals surface area contributed by atoms with Crippen LogP contribution in [0.4, 0.5) is 0 Å². The van der Waals surface area contributed by atoms with E-state index in [1.54, 1.807) is 38.1 Å². The first kappa shape index (κ1) is 17.5. The largest absolute Gasteiger partial charge is 0.480 e. The van der Waals surface area contributed by atoms with Crippen LogP contribution in [-0.2, 0) is 15.0 Å². The second-order valence-corrected chi connectivity index (χ2v) is 6.02. The number of hydrogen-bond donors (Lipinski definition) is 3. The molecule has 0 aliphatic rings. The molecule has 1 rings (SSSR count). The van der Waals surface area contributed by atoms with E-state index in [0.29, 0.717) is 10.6 Å². The zero-order valence-electron chi connectivity index (χ0n) is 12.3. The van der Waals surface area contributed by atoms with Gasteiger partial charge in [0.25, 0.3) is 0 Å². The van der Waals surface area contributed by atoms with Gasteiger partial charge < -0.3 is 15.5 Å². The van der Waals surface area contributed by atoms with Crippen LogP contribution in [0.5, 0.6) is 0 Å². The summed E-state index contributed by atoms with van der Waals surface area (Å²) in [4.78, 5) is 23.5. The van der Waals surface area contributed by atoms with E-state index in [2.05, 4.69) is 5.32 Å². The van der Waals surface area contributed by atoms with E-state index in [0.717, 1.165) is 0 Å². The van der Waals surface area contributed by atoms with Gasteiger partial charge in [0.05, 0.1) is 11.5 Å². The molecule has 6 heteroatoms. The first-order valence-corrected chi connectivity index (χ1v) is 7.00. The normalized spacial score (nSPS) is 14.3. The average Bonchev–Trinajstić information content (AvgIpc) is 2.37. The molecule has 0 heterocycles. The van der Waals surface area contributed by atoms with Crippen molar-refractivity contribution < 1.29 is 19.8 Å². The van der Waals surface area contributed by atoms with E-state index in [1.165, 1.54) is 6.92 Å². The van der Waals surface area contributed by atoms with Crippen molar-refractivity contribution in [3.05, 3.63) is 34.9 Å². The van der Waals surface area contributed by atoms with Crippen molar-refractivity contribution in [1.82, 2.24) is 5.32 Å². The summed E-state index contributed by atoms with van der Waals surface area (Å²) in [6.45, 7) is 4.86. The van der Waals surface area contributed by atoms with E-state index >= 15 is 0 Å². The summed E-state index contributed by atoms with van der Waals surface area (Å²) in [5, 5.41) is 21.4. The van der Waals surface area contributed by atoms with Crippen LogP contribution in [0.15, 0.2) is 24.3 Å². The SMILES string of the molecule is CC(O)CC(NC(=O)C(C)(C)c1cccc(Cl)c1)C(=O)O. The lowest BCUT2D eigenvalue weighted by atomic mass is 9.83. The fraction of sp³-hybridized carbons (Fsp3) is 0.467. The Morgan fingerprint density at radius 2 is 2.00 bits per heavy atom. The minimum atomic E-state index is -1.17. The molecule has 21 heavy (non-hydrogen) atoms. The van der Waals surface area contributed by atoms with Gasteiger partial charge in [-0.1, -0.05) is 23.7 Å². The summed E-state index contributed by atoms with van der Waals surface area (Å²) < 4.78 is 0. The van der Waals surface area contributed by atoms with Gasteiger partial charge in [0, 0.05) is 11.4 Å². The Hall–Kier alpha value is -1.59. The Kier molecular flexibility index (Phi) is 5.75. The van der Waals surface area contributed by atoms with Crippen LogP contribution in [0.2, 0.25) is 5.02 Å². The Morgan fingerprint density at radius 3 is 2.48 bits per heavy atom. The topological polar surface area (TPSA) is 86.6 Å². The predicted octanol–water partition coefficient (Wildman–Crippen LogP) is 1.96. The molecule has 0 bridgehead atoms. The number of carboxylic acid groups (broad SMARTS) is 1. The Balaban J connectivity index is 2.92. The summed E-state index contributed by atoms with van der Waals surface area (Å²) in [6, 6.07) is 5.74. The van der Waals surface area contributed by atoms with Crippen LogP contribution >= 0.6 is 11.6 Å². The van der Waals surface area contributed by atoms with Crippen molar-refractivity contribution in [1.29, 1.82) is 0 Å². The number of carboxylic acids is 1. The third-order valence-corrected chi connectivity index (χ3v) is 3.53. The monoisotopic (exact) mass is 313 g/mol. The second kappa shape index (κ2) is 6.91. The fourth-order valence-electron chi connectivity index (χ4n) is 1.91. The molecule has 1 aromatic rings. The lowest BCUT2D eigenvalue weighted by molar-refractivity contribution is -0.143. The van der Waals surface area contributed by atoms with E-state index in [1.807, 2.05) is 0 Å². The van der Waals surface area contributed by atoms with E-state index in [-0.39, 0.29) is 6.42 Å². The van der Waals surface area contributed by atoms with Crippen LogP contribution in [0.1, 0.15) is 32.8 Å². The number of carbonyl (C=O) groups is 2. The number of rotatable bonds is 6. The molecular formula is C15H20ClNO4. The minimum absolute atomic E-state index is 0.0489. The maximum atomic E-state index is 12.4. The summed E-state index contributed by atoms with van der Waals surface area (Å²) in [7, 11) is 0. The standard InChI is InChI=1S/C15H20ClNO4/c1-9(18)7-12(13(19)20)17-14(21)15(2,3)10-5-4-6-11(16)8-10/h4-6,8-9,12,18H,7H2,1-3H3,(H,17,21)(H,19,20). The molecule has 116 valence electrons. The number of aliphatic hydroxyl groups excluding tert-OH is 1. The van der Waals surface area contributed by atoms with Crippen molar-refractivity contribution in [3.8, 4) is 0 Å². The molecular weight excluding hydrogens is 294 g/mol. The maximum Gasteiger partial charge on any atom is 0.326 e. The van der Waals surface area contributed by atoms with Crippen molar-refractivity contribution in [2.24, 2.45) is 0 Å². The predicted molar refractivity (Wildman–Crippen MR) is 80.3 cm³/mol. The number of benzene rings is 1. The Bertz CT molecular complexity index is 528. The highest BCUT2D eigenvalue weighted by Crippen LogP contribution is 2.26. The van der Waals surface area contributed by atoms with E-state index in [9.17, 15) is 14.7 Å². The van der Waals surface area contributed by atoms with E-state index in [4.69, 9.17) is 16.7 Å². The van der Waals surface area contributed by atoms with Crippen LogP contribution < -0.4 is 5.32 Å². The molecule has 2 unspecified atom stereocenters. The van der Waals surface area contributed by atoms with Gasteiger partial charge in [-0.15, -0.1) is 0 Å². The number of aliphatic hydroxyl groups is 1. The number of halogens is 1. The highest BCUT2D eigenvalue weighted by Gasteiger charge is 2.33. The fourth-order valence-corrected chi connectivity index (χ4v) is 2.10. The second-order valence-electron chi connectivity index (χ2n) is 5.58. The van der Waals surface area contributed by atoms with Crippen LogP contribution in [0.3, 0.4) is 0 Å². The van der Waals surface area contributed by atoms with Gasteiger partial charge in [-0.05, 0) is 38.5 Å². The van der Waals surface area contributed by atoms with E-state index < -0.39 is 29.4 Å². The number of amides is 1. The highest BCUT2D eigenvalue weighted by molar-refractivity contribution is 6.30. The molecule has 0 aromatic heterocycles. The zero-order valence-corrected chi connectivity index (χ0v) is 13.0. The van der Waals surface area contributed by atoms with Gasteiger partial charge in [-0.25, -0.2) is 4.79 Å². The molecule has 0 aliphatic heterocycles. The zero-order chi connectivity index (χ0) is 16.2. The number of hydrogen-bond acceptors (Lipinski definition) is 3. The van der Waals surface area contributed by atoms with Crippen molar-refractivity contribution in [2.45, 2.75) is 44.8 Å². The first-order chi connectivity index (χ1) is 9.64. The highest BCUT2D eigenvalue weighted by atomic mass is 35.5. The van der Waals surface area contributed by atoms with Gasteiger partial charge in [-0.3, -0.25) is 4.79 Å². The number of nitrogens with one attached hydrogen (secondary N) is 1. The number of carbonyl (C=O) groups excluding carboxylic acids is 1. The van der Waals surface area contributed by atoms with Gasteiger partial charge in [0.15, 0.2) is 0 Å². The quantitative estimate of drug-likeness (QED) is 0.749. The molecule has 0 fully saturated rings. The smallest absolute Gasteiger partial charge is 0.326 e. The van der Waals surface area contributed by atoms with Gasteiger partial charge in [0.1, 0.15) is 6.04 Å². The van der Waals surface area contributed by atoms with Gasteiger partial charge in [0.2, 0.25) is 5.91 Å². The molecule has 0 saturated carbocycles.